The van der Waals surface area contributed by atoms with E-state index in [1.54, 1.807) is 0 Å². The molecule has 0 bridgehead atoms. The summed E-state index contributed by atoms with van der Waals surface area (Å²) in [5.74, 6) is 1.65. The lowest BCUT2D eigenvalue weighted by Gasteiger charge is -2.40. The molecule has 1 atom stereocenters. The molecule has 0 radical (unpaired) electrons. The number of carbonyl (C=O) groups is 1. The van der Waals surface area contributed by atoms with Gasteiger partial charge in [0.05, 0.1) is 0 Å². The van der Waals surface area contributed by atoms with E-state index >= 15 is 0 Å². The predicted molar refractivity (Wildman–Crippen MR) is 82.8 cm³/mol. The van der Waals surface area contributed by atoms with Crippen molar-refractivity contribution in [1.29, 1.82) is 0 Å². The summed E-state index contributed by atoms with van der Waals surface area (Å²) in [5.41, 5.74) is -0.433. The Morgan fingerprint density at radius 3 is 2.35 bits per heavy atom. The highest BCUT2D eigenvalue weighted by atomic mass is 16.6. The maximum absolute atomic E-state index is 11.6. The third-order valence-electron chi connectivity index (χ3n) is 3.97. The average molecular weight is 284 g/mol. The van der Waals surface area contributed by atoms with E-state index in [4.69, 9.17) is 4.74 Å². The largest absolute Gasteiger partial charge is 0.444 e. The fourth-order valence-corrected chi connectivity index (χ4v) is 2.52. The van der Waals surface area contributed by atoms with Crippen molar-refractivity contribution in [2.45, 2.75) is 78.5 Å². The van der Waals surface area contributed by atoms with Crippen LogP contribution in [-0.4, -0.2) is 30.3 Å². The van der Waals surface area contributed by atoms with E-state index in [2.05, 4.69) is 31.4 Å². The van der Waals surface area contributed by atoms with E-state index in [1.807, 2.05) is 20.8 Å². The van der Waals surface area contributed by atoms with E-state index < -0.39 is 5.60 Å². The molecule has 2 N–H and O–H groups in total. The number of amides is 1. The van der Waals surface area contributed by atoms with E-state index in [-0.39, 0.29) is 6.09 Å². The minimum absolute atomic E-state index is 0.327. The lowest BCUT2D eigenvalue weighted by Crippen LogP contribution is -2.51. The summed E-state index contributed by atoms with van der Waals surface area (Å²) < 4.78 is 5.25. The normalized spacial score (nSPS) is 24.1. The summed E-state index contributed by atoms with van der Waals surface area (Å²) in [7, 11) is 0. The monoisotopic (exact) mass is 284 g/mol. The maximum Gasteiger partial charge on any atom is 0.407 e. The van der Waals surface area contributed by atoms with Gasteiger partial charge in [0.25, 0.3) is 0 Å². The Morgan fingerprint density at radius 1 is 1.30 bits per heavy atom. The number of ether oxygens (including phenoxy) is 1. The Bertz CT molecular complexity index is 304. The first-order valence-electron chi connectivity index (χ1n) is 7.94. The number of alkyl carbamates (subject to hydrolysis) is 1. The Kier molecular flexibility index (Phi) is 6.31. The molecule has 0 spiro atoms. The summed E-state index contributed by atoms with van der Waals surface area (Å²) in [6, 6.07) is 0.952. The molecule has 4 heteroatoms. The molecule has 4 nitrogen and oxygen atoms in total. The van der Waals surface area contributed by atoms with E-state index in [1.165, 1.54) is 12.8 Å². The van der Waals surface area contributed by atoms with Gasteiger partial charge in [-0.05, 0) is 51.9 Å². The first-order valence-corrected chi connectivity index (χ1v) is 7.94. The summed E-state index contributed by atoms with van der Waals surface area (Å²) in [6.45, 7) is 13.0. The highest BCUT2D eigenvalue weighted by Crippen LogP contribution is 2.33. The van der Waals surface area contributed by atoms with Gasteiger partial charge in [0.15, 0.2) is 0 Å². The zero-order valence-corrected chi connectivity index (χ0v) is 14.0. The van der Waals surface area contributed by atoms with Gasteiger partial charge in [-0.2, -0.15) is 0 Å². The molecule has 118 valence electrons. The molecule has 1 amide bonds. The number of nitrogens with one attached hydrogen (secondary N) is 2. The van der Waals surface area contributed by atoms with Crippen LogP contribution in [0.15, 0.2) is 0 Å². The van der Waals surface area contributed by atoms with Gasteiger partial charge in [-0.1, -0.05) is 20.8 Å². The van der Waals surface area contributed by atoms with Crippen molar-refractivity contribution in [3.05, 3.63) is 0 Å². The van der Waals surface area contributed by atoms with Gasteiger partial charge in [-0.25, -0.2) is 4.79 Å². The van der Waals surface area contributed by atoms with Crippen LogP contribution in [0.5, 0.6) is 0 Å². The number of hydrogen-bond acceptors (Lipinski definition) is 3. The van der Waals surface area contributed by atoms with Gasteiger partial charge in [-0.3, -0.25) is 0 Å². The van der Waals surface area contributed by atoms with Crippen molar-refractivity contribution in [1.82, 2.24) is 10.6 Å². The first-order chi connectivity index (χ1) is 9.21. The molecular formula is C16H32N2O2. The highest BCUT2D eigenvalue weighted by molar-refractivity contribution is 5.67. The summed E-state index contributed by atoms with van der Waals surface area (Å²) in [4.78, 5) is 11.6. The van der Waals surface area contributed by atoms with Crippen molar-refractivity contribution in [2.75, 3.05) is 6.54 Å². The lowest BCUT2D eigenvalue weighted by molar-refractivity contribution is 0.0518. The first kappa shape index (κ1) is 17.3. The average Bonchev–Trinajstić information content (AvgIpc) is 2.23. The molecule has 0 aromatic carbocycles. The Morgan fingerprint density at radius 2 is 1.90 bits per heavy atom. The van der Waals surface area contributed by atoms with Crippen LogP contribution < -0.4 is 10.6 Å². The second kappa shape index (κ2) is 7.30. The van der Waals surface area contributed by atoms with Gasteiger partial charge >= 0.3 is 6.09 Å². The number of rotatable bonds is 6. The van der Waals surface area contributed by atoms with Crippen LogP contribution in [0.25, 0.3) is 0 Å². The molecule has 1 fully saturated rings. The van der Waals surface area contributed by atoms with Gasteiger partial charge in [0, 0.05) is 18.6 Å². The third kappa shape index (κ3) is 6.12. The fourth-order valence-electron chi connectivity index (χ4n) is 2.52. The molecule has 0 aliphatic heterocycles. The van der Waals surface area contributed by atoms with Crippen LogP contribution in [0.2, 0.25) is 0 Å². The van der Waals surface area contributed by atoms with Crippen LogP contribution in [0.4, 0.5) is 4.79 Å². The molecule has 0 saturated heterocycles. The van der Waals surface area contributed by atoms with Crippen molar-refractivity contribution in [3.8, 4) is 0 Å². The molecule has 1 unspecified atom stereocenters. The molecule has 0 aromatic heterocycles. The highest BCUT2D eigenvalue weighted by Gasteiger charge is 2.32. The van der Waals surface area contributed by atoms with Gasteiger partial charge < -0.3 is 15.4 Å². The van der Waals surface area contributed by atoms with Crippen LogP contribution >= 0.6 is 0 Å². The zero-order valence-electron chi connectivity index (χ0n) is 14.0. The molecule has 20 heavy (non-hydrogen) atoms. The third-order valence-corrected chi connectivity index (χ3v) is 3.97. The molecule has 0 aromatic rings. The minimum atomic E-state index is -0.433. The van der Waals surface area contributed by atoms with E-state index in [0.717, 1.165) is 18.3 Å². The lowest BCUT2D eigenvalue weighted by atomic mass is 9.73. The van der Waals surface area contributed by atoms with Gasteiger partial charge in [0.1, 0.15) is 5.60 Å². The molecular weight excluding hydrogens is 252 g/mol. The maximum atomic E-state index is 11.6. The molecule has 0 heterocycles. The number of carbonyl (C=O) groups excluding carboxylic acids is 1. The van der Waals surface area contributed by atoms with Crippen LogP contribution in [-0.2, 0) is 4.74 Å². The SMILES string of the molecule is CCC(CNC(=O)OC(C)(C)C)NC1CC(C(C)C)C1. The predicted octanol–water partition coefficient (Wildman–Crippen LogP) is 3.31. The van der Waals surface area contributed by atoms with Crippen molar-refractivity contribution in [2.24, 2.45) is 11.8 Å². The quantitative estimate of drug-likeness (QED) is 0.786. The van der Waals surface area contributed by atoms with Gasteiger partial charge in [0.2, 0.25) is 0 Å². The standard InChI is InChI=1S/C16H32N2O2/c1-7-13(10-17-15(19)20-16(4,5)6)18-14-8-12(9-14)11(2)3/h11-14,18H,7-10H2,1-6H3,(H,17,19). The van der Waals surface area contributed by atoms with Crippen LogP contribution in [0.1, 0.15) is 60.8 Å². The van der Waals surface area contributed by atoms with Gasteiger partial charge in [-0.15, -0.1) is 0 Å². The Labute approximate surface area is 124 Å². The van der Waals surface area contributed by atoms with E-state index in [9.17, 15) is 4.79 Å². The topological polar surface area (TPSA) is 50.4 Å². The number of hydrogen-bond donors (Lipinski definition) is 2. The Balaban J connectivity index is 2.22. The summed E-state index contributed by atoms with van der Waals surface area (Å²) in [6.07, 6.45) is 3.21. The van der Waals surface area contributed by atoms with E-state index in [0.29, 0.717) is 18.6 Å². The van der Waals surface area contributed by atoms with Crippen molar-refractivity contribution >= 4 is 6.09 Å². The second-order valence-electron chi connectivity index (χ2n) is 7.33. The minimum Gasteiger partial charge on any atom is -0.444 e. The zero-order chi connectivity index (χ0) is 15.3. The second-order valence-corrected chi connectivity index (χ2v) is 7.33. The van der Waals surface area contributed by atoms with Crippen LogP contribution in [0, 0.1) is 11.8 Å². The summed E-state index contributed by atoms with van der Waals surface area (Å²) in [5, 5.41) is 6.49. The van der Waals surface area contributed by atoms with Crippen LogP contribution in [0.3, 0.4) is 0 Å². The van der Waals surface area contributed by atoms with Crippen molar-refractivity contribution in [3.63, 3.8) is 0 Å². The molecule has 1 saturated carbocycles. The summed E-state index contributed by atoms with van der Waals surface area (Å²) >= 11 is 0. The van der Waals surface area contributed by atoms with Crippen molar-refractivity contribution < 1.29 is 9.53 Å². The molecule has 1 aliphatic carbocycles. The smallest absolute Gasteiger partial charge is 0.407 e. The Hall–Kier alpha value is -0.770. The molecule has 1 rings (SSSR count). The fraction of sp³-hybridized carbons (Fsp3) is 0.938. The molecule has 1 aliphatic rings.